The molecule has 0 radical (unpaired) electrons. The zero-order valence-corrected chi connectivity index (χ0v) is 24.1. The maximum Gasteiger partial charge on any atom is 0.416 e. The van der Waals surface area contributed by atoms with Crippen molar-refractivity contribution < 1.29 is 35.5 Å². The Morgan fingerprint density at radius 3 is 2.44 bits per heavy atom. The molecule has 1 amide bonds. The highest BCUT2D eigenvalue weighted by atomic mass is 32.2. The van der Waals surface area contributed by atoms with Crippen LogP contribution in [0.2, 0.25) is 0 Å². The van der Waals surface area contributed by atoms with Crippen molar-refractivity contribution in [3.63, 3.8) is 0 Å². The number of alkyl halides is 3. The molecule has 2 aromatic carbocycles. The van der Waals surface area contributed by atoms with E-state index in [-0.39, 0.29) is 37.5 Å². The molecule has 0 spiro atoms. The Morgan fingerprint density at radius 2 is 1.78 bits per heavy atom. The number of nitrogens with zero attached hydrogens (tertiary/aromatic N) is 2. The van der Waals surface area contributed by atoms with E-state index in [0.29, 0.717) is 30.9 Å². The van der Waals surface area contributed by atoms with Gasteiger partial charge in [0.1, 0.15) is 12.4 Å². The molecule has 1 N–H and O–H groups in total. The highest BCUT2D eigenvalue weighted by Gasteiger charge is 2.36. The van der Waals surface area contributed by atoms with E-state index in [9.17, 15) is 30.8 Å². The maximum absolute atomic E-state index is 13.8. The number of hydrogen-bond acceptors (Lipinski definition) is 5. The van der Waals surface area contributed by atoms with Crippen molar-refractivity contribution in [2.24, 2.45) is 11.8 Å². The molecule has 2 fully saturated rings. The Balaban J connectivity index is 1.20. The number of hydrogen-bond donors (Lipinski definition) is 1. The van der Waals surface area contributed by atoms with Gasteiger partial charge in [0.15, 0.2) is 0 Å². The van der Waals surface area contributed by atoms with E-state index in [1.807, 2.05) is 20.2 Å². The number of ether oxygens (including phenoxy) is 1. The van der Waals surface area contributed by atoms with Gasteiger partial charge in [-0.2, -0.15) is 17.5 Å². The standard InChI is InChI=1S/C29H37F4N3O4S/c1-35(2)28(22-5-3-7-24(30)15-22)21-11-9-20(10-12-21)17-34-27(37)19-40-25-13-14-36(18-25)41(38,39)26-8-4-6-23(16-26)29(31,32)33/h3-8,15-16,20-21,25,28H,9-14,17-19H2,1-2H3,(H,34,37). The molecule has 2 unspecified atom stereocenters. The number of sulfonamides is 1. The average Bonchev–Trinajstić information content (AvgIpc) is 3.41. The normalized spacial score (nSPS) is 23.0. The van der Waals surface area contributed by atoms with Crippen molar-refractivity contribution in [3.8, 4) is 0 Å². The summed E-state index contributed by atoms with van der Waals surface area (Å²) in [6, 6.07) is 10.5. The number of halogens is 4. The number of rotatable bonds is 10. The molecule has 0 aromatic heterocycles. The molecule has 1 aliphatic heterocycles. The highest BCUT2D eigenvalue weighted by Crippen LogP contribution is 2.39. The number of amides is 1. The Bertz CT molecular complexity index is 1300. The topological polar surface area (TPSA) is 79.0 Å². The van der Waals surface area contributed by atoms with Crippen molar-refractivity contribution in [3.05, 3.63) is 65.5 Å². The molecule has 2 atom stereocenters. The van der Waals surface area contributed by atoms with E-state index in [1.54, 1.807) is 12.1 Å². The summed E-state index contributed by atoms with van der Waals surface area (Å²) in [4.78, 5) is 14.1. The first-order valence-electron chi connectivity index (χ1n) is 13.8. The van der Waals surface area contributed by atoms with Crippen LogP contribution < -0.4 is 5.32 Å². The van der Waals surface area contributed by atoms with Crippen LogP contribution in [0, 0.1) is 17.7 Å². The summed E-state index contributed by atoms with van der Waals surface area (Å²) in [7, 11) is -0.110. The van der Waals surface area contributed by atoms with Gasteiger partial charge in [-0.1, -0.05) is 18.2 Å². The molecule has 7 nitrogen and oxygen atoms in total. The molecule has 2 aliphatic rings. The number of carbonyl (C=O) groups excluding carboxylic acids is 1. The predicted octanol–water partition coefficient (Wildman–Crippen LogP) is 4.85. The zero-order chi connectivity index (χ0) is 29.8. The first-order chi connectivity index (χ1) is 19.3. The summed E-state index contributed by atoms with van der Waals surface area (Å²) >= 11 is 0. The molecule has 1 heterocycles. The van der Waals surface area contributed by atoms with E-state index < -0.39 is 32.8 Å². The van der Waals surface area contributed by atoms with Gasteiger partial charge in [-0.25, -0.2) is 12.8 Å². The number of nitrogens with one attached hydrogen (secondary N) is 1. The molecule has 1 saturated heterocycles. The fourth-order valence-corrected chi connectivity index (χ4v) is 7.46. The van der Waals surface area contributed by atoms with Crippen molar-refractivity contribution in [2.45, 2.75) is 55.3 Å². The van der Waals surface area contributed by atoms with Gasteiger partial charge in [-0.3, -0.25) is 4.79 Å². The summed E-state index contributed by atoms with van der Waals surface area (Å²) in [5, 5.41) is 2.91. The van der Waals surface area contributed by atoms with Gasteiger partial charge >= 0.3 is 6.18 Å². The van der Waals surface area contributed by atoms with Crippen LogP contribution in [-0.4, -0.2) is 70.0 Å². The van der Waals surface area contributed by atoms with Gasteiger partial charge < -0.3 is 15.0 Å². The quantitative estimate of drug-likeness (QED) is 0.395. The van der Waals surface area contributed by atoms with Gasteiger partial charge in [0.25, 0.3) is 0 Å². The van der Waals surface area contributed by atoms with Crippen molar-refractivity contribution in [1.29, 1.82) is 0 Å². The number of benzene rings is 2. The van der Waals surface area contributed by atoms with Crippen molar-refractivity contribution >= 4 is 15.9 Å². The second kappa shape index (κ2) is 13.2. The van der Waals surface area contributed by atoms with E-state index in [2.05, 4.69) is 10.2 Å². The van der Waals surface area contributed by atoms with E-state index in [4.69, 9.17) is 4.74 Å². The van der Waals surface area contributed by atoms with E-state index in [1.165, 1.54) is 6.07 Å². The van der Waals surface area contributed by atoms with Gasteiger partial charge in [0, 0.05) is 25.7 Å². The third-order valence-electron chi connectivity index (χ3n) is 8.03. The lowest BCUT2D eigenvalue weighted by atomic mass is 9.76. The summed E-state index contributed by atoms with van der Waals surface area (Å²) in [6.45, 7) is 0.355. The maximum atomic E-state index is 13.8. The SMILES string of the molecule is CN(C)C(c1cccc(F)c1)C1CCC(CNC(=O)COC2CCN(S(=O)(=O)c3cccc(C(F)(F)F)c3)C2)CC1. The minimum absolute atomic E-state index is 0.0335. The van der Waals surface area contributed by atoms with Crippen LogP contribution in [0.25, 0.3) is 0 Å². The fraction of sp³-hybridized carbons (Fsp3) is 0.552. The second-order valence-corrected chi connectivity index (χ2v) is 13.1. The second-order valence-electron chi connectivity index (χ2n) is 11.2. The highest BCUT2D eigenvalue weighted by molar-refractivity contribution is 7.89. The number of carbonyl (C=O) groups is 1. The first kappa shape index (κ1) is 31.4. The van der Waals surface area contributed by atoms with E-state index >= 15 is 0 Å². The third-order valence-corrected chi connectivity index (χ3v) is 9.89. The summed E-state index contributed by atoms with van der Waals surface area (Å²) in [5.74, 6) is 0.178. The van der Waals surface area contributed by atoms with Crippen molar-refractivity contribution in [2.75, 3.05) is 40.3 Å². The monoisotopic (exact) mass is 599 g/mol. The molecule has 0 bridgehead atoms. The molecular formula is C29H37F4N3O4S. The van der Waals surface area contributed by atoms with Crippen LogP contribution in [0.4, 0.5) is 17.6 Å². The molecule has 4 rings (SSSR count). The molecular weight excluding hydrogens is 562 g/mol. The molecule has 226 valence electrons. The van der Waals surface area contributed by atoms with Gasteiger partial charge in [-0.15, -0.1) is 0 Å². The van der Waals surface area contributed by atoms with Crippen LogP contribution in [0.5, 0.6) is 0 Å². The predicted molar refractivity (Wildman–Crippen MR) is 146 cm³/mol. The Labute approximate surface area is 238 Å². The van der Waals surface area contributed by atoms with Crippen LogP contribution in [0.1, 0.15) is 49.3 Å². The minimum atomic E-state index is -4.65. The van der Waals surface area contributed by atoms with Gasteiger partial charge in [-0.05, 0) is 93.9 Å². The van der Waals surface area contributed by atoms with Gasteiger partial charge in [0.2, 0.25) is 15.9 Å². The zero-order valence-electron chi connectivity index (χ0n) is 23.2. The molecule has 41 heavy (non-hydrogen) atoms. The Morgan fingerprint density at radius 1 is 1.07 bits per heavy atom. The molecule has 1 aliphatic carbocycles. The lowest BCUT2D eigenvalue weighted by Gasteiger charge is -2.37. The molecule has 12 heteroatoms. The smallest absolute Gasteiger partial charge is 0.367 e. The largest absolute Gasteiger partial charge is 0.416 e. The lowest BCUT2D eigenvalue weighted by molar-refractivity contribution is -0.137. The van der Waals surface area contributed by atoms with Crippen LogP contribution in [0.15, 0.2) is 53.4 Å². The summed E-state index contributed by atoms with van der Waals surface area (Å²) in [5.41, 5.74) is -0.0585. The third kappa shape index (κ3) is 8.06. The fourth-order valence-electron chi connectivity index (χ4n) is 5.93. The Hall–Kier alpha value is -2.54. The first-order valence-corrected chi connectivity index (χ1v) is 15.3. The van der Waals surface area contributed by atoms with Crippen LogP contribution in [0.3, 0.4) is 0 Å². The Kier molecular flexibility index (Phi) is 10.1. The van der Waals surface area contributed by atoms with Crippen LogP contribution in [-0.2, 0) is 25.7 Å². The van der Waals surface area contributed by atoms with Gasteiger partial charge in [0.05, 0.1) is 16.6 Å². The summed E-state index contributed by atoms with van der Waals surface area (Å²) < 4.78 is 85.4. The summed E-state index contributed by atoms with van der Waals surface area (Å²) in [6.07, 6.45) is -1.02. The molecule has 2 aromatic rings. The average molecular weight is 600 g/mol. The minimum Gasteiger partial charge on any atom is -0.367 e. The van der Waals surface area contributed by atoms with Crippen molar-refractivity contribution in [1.82, 2.24) is 14.5 Å². The van der Waals surface area contributed by atoms with Crippen LogP contribution >= 0.6 is 0 Å². The molecule has 1 saturated carbocycles. The lowest BCUT2D eigenvalue weighted by Crippen LogP contribution is -2.37. The van der Waals surface area contributed by atoms with E-state index in [0.717, 1.165) is 53.8 Å².